The first-order chi connectivity index (χ1) is 35.8. The molecule has 10 rings (SSSR count). The predicted octanol–water partition coefficient (Wildman–Crippen LogP) is 11.2. The number of rotatable bonds is 12. The molecule has 390 valence electrons. The van der Waals surface area contributed by atoms with Crippen LogP contribution in [0.4, 0.5) is 22.7 Å². The predicted molar refractivity (Wildman–Crippen MR) is 288 cm³/mol. The lowest BCUT2D eigenvalue weighted by Crippen LogP contribution is -2.36. The van der Waals surface area contributed by atoms with Gasteiger partial charge >= 0.3 is 5.97 Å². The van der Waals surface area contributed by atoms with Gasteiger partial charge in [0.1, 0.15) is 34.5 Å². The molecule has 76 heavy (non-hydrogen) atoms. The van der Waals surface area contributed by atoms with Crippen molar-refractivity contribution in [1.82, 2.24) is 0 Å². The maximum Gasteiger partial charge on any atom is 0.307 e. The van der Waals surface area contributed by atoms with Crippen LogP contribution < -0.4 is 26.0 Å². The number of benzene rings is 6. The number of hydrogen-bond donors (Lipinski definition) is 9. The van der Waals surface area contributed by atoms with E-state index in [0.29, 0.717) is 42.0 Å². The molecule has 4 amide bonds. The third-order valence-electron chi connectivity index (χ3n) is 16.4. The fourth-order valence-corrected chi connectivity index (χ4v) is 12.8. The Balaban J connectivity index is 0.804. The van der Waals surface area contributed by atoms with E-state index in [1.54, 1.807) is 97.1 Å². The average Bonchev–Trinajstić information content (AvgIpc) is 4.09. The summed E-state index contributed by atoms with van der Waals surface area (Å²) in [5, 5.41) is 65.1. The van der Waals surface area contributed by atoms with Crippen LogP contribution in [0.1, 0.15) is 122 Å². The molecule has 6 aromatic rings. The van der Waals surface area contributed by atoms with Gasteiger partial charge in [-0.2, -0.15) is 0 Å². The number of anilines is 4. The highest BCUT2D eigenvalue weighted by atomic mass is 16.5. The Kier molecular flexibility index (Phi) is 12.3. The fraction of sp³-hybridized carbons (Fsp3) is 0.295. The SMILES string of the molecule is CC(=O)Nc1cc(C2(C)CC(C)(C)c3cc(O)c(NC(=O)c4ccc(Oc5ccc(C(=O)Nc6cc(C7(C)CC(C)(C)c8cc(O)c(NC(=O)C9C%10C=CC(C%10)C9C(=O)O)cc87)ccc6O)cc5)cc4)cc32)ccc1O. The molecule has 4 aliphatic carbocycles. The van der Waals surface area contributed by atoms with Gasteiger partial charge in [-0.15, -0.1) is 0 Å². The Morgan fingerprint density at radius 2 is 0.895 bits per heavy atom. The van der Waals surface area contributed by atoms with Gasteiger partial charge in [-0.1, -0.05) is 65.8 Å². The molecule has 15 heteroatoms. The Morgan fingerprint density at radius 1 is 0.487 bits per heavy atom. The molecular weight excluding hydrogens is 965 g/mol. The van der Waals surface area contributed by atoms with Crippen molar-refractivity contribution in [2.75, 3.05) is 21.3 Å². The van der Waals surface area contributed by atoms with Crippen LogP contribution in [0.25, 0.3) is 0 Å². The van der Waals surface area contributed by atoms with Crippen LogP contribution in [0.3, 0.4) is 0 Å². The summed E-state index contributed by atoms with van der Waals surface area (Å²) in [7, 11) is 0. The second-order valence-electron chi connectivity index (χ2n) is 22.6. The molecule has 6 unspecified atom stereocenters. The Labute approximate surface area is 439 Å². The maximum absolute atomic E-state index is 13.7. The zero-order valence-electron chi connectivity index (χ0n) is 43.2. The minimum atomic E-state index is -1.02. The van der Waals surface area contributed by atoms with Gasteiger partial charge in [0.15, 0.2) is 0 Å². The smallest absolute Gasteiger partial charge is 0.307 e. The van der Waals surface area contributed by atoms with Gasteiger partial charge in [0, 0.05) is 28.9 Å². The minimum Gasteiger partial charge on any atom is -0.506 e. The molecule has 0 aromatic heterocycles. The number of fused-ring (bicyclic) bond motifs is 4. The van der Waals surface area contributed by atoms with E-state index in [1.807, 2.05) is 25.1 Å². The van der Waals surface area contributed by atoms with Crippen molar-refractivity contribution in [1.29, 1.82) is 0 Å². The van der Waals surface area contributed by atoms with Crippen LogP contribution >= 0.6 is 0 Å². The number of nitrogens with one attached hydrogen (secondary N) is 4. The monoisotopic (exact) mass is 1020 g/mol. The number of carboxylic acid groups (broad SMARTS) is 1. The summed E-state index contributed by atoms with van der Waals surface area (Å²) in [6.07, 6.45) is 5.63. The number of aromatic hydroxyl groups is 4. The van der Waals surface area contributed by atoms with Crippen molar-refractivity contribution in [3.8, 4) is 34.5 Å². The average molecular weight is 1030 g/mol. The standard InChI is InChI=1S/C61H60N4O11/c1-31(66)62-44-23-36(14-20-48(44)67)60(6)29-58(2,3)40-27-50(69)46(25-42(40)60)64-55(72)33-12-18-39(19-13-33)76-38-16-10-32(11-17-38)54(71)63-45-24-37(15-21-49(45)68)61(7)30-59(4,5)41-28-51(70)47(26-43(41)61)65-56(73)52-34-8-9-35(22-34)53(52)57(74)75/h8-21,23-28,34-35,52-53,67-70H,22,29-30H2,1-7H3,(H,62,66)(H,63,71)(H,64,72)(H,65,73)(H,74,75). The summed E-state index contributed by atoms with van der Waals surface area (Å²) >= 11 is 0. The highest BCUT2D eigenvalue weighted by molar-refractivity contribution is 6.06. The summed E-state index contributed by atoms with van der Waals surface area (Å²) in [4.78, 5) is 65.1. The molecule has 6 aromatic carbocycles. The van der Waals surface area contributed by atoms with E-state index in [2.05, 4.69) is 55.9 Å². The molecule has 0 saturated heterocycles. The zero-order valence-corrected chi connectivity index (χ0v) is 43.2. The Bertz CT molecular complexity index is 3460. The molecule has 6 atom stereocenters. The molecule has 1 fully saturated rings. The number of phenolic OH excluding ortho intramolecular Hbond substituents is 4. The molecule has 1 saturated carbocycles. The number of amides is 4. The van der Waals surface area contributed by atoms with Gasteiger partial charge in [0.25, 0.3) is 11.8 Å². The molecular formula is C61H60N4O11. The van der Waals surface area contributed by atoms with Gasteiger partial charge in [-0.3, -0.25) is 24.0 Å². The van der Waals surface area contributed by atoms with Crippen LogP contribution in [0.2, 0.25) is 0 Å². The first-order valence-electron chi connectivity index (χ1n) is 25.3. The summed E-state index contributed by atoms with van der Waals surface area (Å²) < 4.78 is 6.06. The third-order valence-corrected chi connectivity index (χ3v) is 16.4. The van der Waals surface area contributed by atoms with Crippen molar-refractivity contribution < 1.29 is 54.2 Å². The van der Waals surface area contributed by atoms with Crippen molar-refractivity contribution >= 4 is 52.3 Å². The number of allylic oxidation sites excluding steroid dienone is 2. The number of carbonyl (C=O) groups excluding carboxylic acids is 4. The van der Waals surface area contributed by atoms with Crippen LogP contribution in [0, 0.1) is 23.7 Å². The summed E-state index contributed by atoms with van der Waals surface area (Å²) in [6, 6.07) is 29.9. The van der Waals surface area contributed by atoms with E-state index in [1.165, 1.54) is 13.0 Å². The highest BCUT2D eigenvalue weighted by Crippen LogP contribution is 2.57. The minimum absolute atomic E-state index is 0.0569. The number of ether oxygens (including phenoxy) is 1. The van der Waals surface area contributed by atoms with E-state index >= 15 is 0 Å². The number of carboxylic acids is 1. The van der Waals surface area contributed by atoms with Gasteiger partial charge in [0.05, 0.1) is 34.6 Å². The maximum atomic E-state index is 13.7. The molecule has 9 N–H and O–H groups in total. The first-order valence-corrected chi connectivity index (χ1v) is 25.3. The van der Waals surface area contributed by atoms with Crippen LogP contribution in [0.15, 0.2) is 121 Å². The largest absolute Gasteiger partial charge is 0.506 e. The van der Waals surface area contributed by atoms with Crippen LogP contribution in [0.5, 0.6) is 34.5 Å². The van der Waals surface area contributed by atoms with Crippen molar-refractivity contribution in [2.24, 2.45) is 23.7 Å². The van der Waals surface area contributed by atoms with Crippen LogP contribution in [-0.2, 0) is 36.0 Å². The van der Waals surface area contributed by atoms with Crippen molar-refractivity contribution in [2.45, 2.75) is 89.4 Å². The second-order valence-corrected chi connectivity index (χ2v) is 22.6. The Hall–Kier alpha value is -8.59. The third kappa shape index (κ3) is 8.92. The quantitative estimate of drug-likeness (QED) is 0.0412. The molecule has 2 bridgehead atoms. The van der Waals surface area contributed by atoms with Crippen molar-refractivity contribution in [3.63, 3.8) is 0 Å². The number of hydrogen-bond acceptors (Lipinski definition) is 10. The van der Waals surface area contributed by atoms with Gasteiger partial charge in [-0.05, 0) is 172 Å². The first kappa shape index (κ1) is 50.9. The van der Waals surface area contributed by atoms with Gasteiger partial charge in [-0.25, -0.2) is 0 Å². The van der Waals surface area contributed by atoms with E-state index in [0.717, 1.165) is 33.4 Å². The fourth-order valence-electron chi connectivity index (χ4n) is 12.8. The molecule has 0 heterocycles. The topological polar surface area (TPSA) is 244 Å². The molecule has 0 radical (unpaired) electrons. The van der Waals surface area contributed by atoms with E-state index in [9.17, 15) is 49.5 Å². The molecule has 4 aliphatic rings. The Morgan fingerprint density at radius 3 is 1.33 bits per heavy atom. The normalized spacial score (nSPS) is 23.0. The number of aliphatic carboxylic acids is 1. The zero-order chi connectivity index (χ0) is 54.4. The summed E-state index contributed by atoms with van der Waals surface area (Å²) in [5.41, 5.74) is 4.51. The van der Waals surface area contributed by atoms with E-state index < -0.39 is 51.8 Å². The van der Waals surface area contributed by atoms with E-state index in [4.69, 9.17) is 4.74 Å². The second kappa shape index (κ2) is 18.4. The van der Waals surface area contributed by atoms with Gasteiger partial charge < -0.3 is 51.5 Å². The number of phenols is 4. The van der Waals surface area contributed by atoms with Crippen molar-refractivity contribution in [3.05, 3.63) is 166 Å². The lowest BCUT2D eigenvalue weighted by atomic mass is 9.75. The molecule has 0 spiro atoms. The highest BCUT2D eigenvalue weighted by Gasteiger charge is 2.52. The molecule has 0 aliphatic heterocycles. The summed E-state index contributed by atoms with van der Waals surface area (Å²) in [6.45, 7) is 13.8. The van der Waals surface area contributed by atoms with Crippen LogP contribution in [-0.4, -0.2) is 55.1 Å². The lowest BCUT2D eigenvalue weighted by Gasteiger charge is -2.29. The molecule has 15 nitrogen and oxygen atoms in total. The lowest BCUT2D eigenvalue weighted by molar-refractivity contribution is -0.146. The number of carbonyl (C=O) groups is 5. The summed E-state index contributed by atoms with van der Waals surface area (Å²) in [5.74, 6) is -4.34. The van der Waals surface area contributed by atoms with Gasteiger partial charge in [0.2, 0.25) is 11.8 Å². The van der Waals surface area contributed by atoms with E-state index in [-0.39, 0.29) is 68.8 Å².